The fourth-order valence-corrected chi connectivity index (χ4v) is 15.5. The number of Topliss-reactive ketones (excluding diaryl/α,β-unsaturated/α-hetero) is 2. The molecule has 0 spiro atoms. The number of rotatable bonds is 25. The molecule has 0 fully saturated rings. The number of ether oxygens (including phenoxy) is 3. The van der Waals surface area contributed by atoms with Crippen LogP contribution in [0.5, 0.6) is 17.2 Å². The van der Waals surface area contributed by atoms with E-state index < -0.39 is 43.8 Å². The van der Waals surface area contributed by atoms with Crippen molar-refractivity contribution in [1.82, 2.24) is 5.32 Å². The lowest BCUT2D eigenvalue weighted by Gasteiger charge is -2.24. The SMILES string of the molecule is CCC(=O)C(CCSSC(C)(C)CCC(=O)N[C@@H](C)C(=O)C[C@H](C)C(=O)Nc1cc(COc2cc3c(cc2C)C(=O)N2c4ccccc4C[C@H]2CC3)cc(COc2cc3c(cc2OC)C(=O)N2c4ccccc4C[C@H]2CC3)c1)S(=O)(=O)OC. The summed E-state index contributed by atoms with van der Waals surface area (Å²) in [5.74, 6) is -0.384. The second-order valence-electron chi connectivity index (χ2n) is 22.7. The fraction of sp³-hybridized carbons (Fsp3) is 0.438. The van der Waals surface area contributed by atoms with Crippen LogP contribution in [0, 0.1) is 12.8 Å². The molecule has 440 valence electrons. The quantitative estimate of drug-likeness (QED) is 0.0317. The molecule has 5 atom stereocenters. The summed E-state index contributed by atoms with van der Waals surface area (Å²) < 4.78 is 47.8. The molecule has 0 aliphatic carbocycles. The third-order valence-electron chi connectivity index (χ3n) is 16.2. The molecule has 0 radical (unpaired) electrons. The minimum absolute atomic E-state index is 0.00711. The van der Waals surface area contributed by atoms with E-state index in [-0.39, 0.29) is 74.5 Å². The maximum absolute atomic E-state index is 14.2. The summed E-state index contributed by atoms with van der Waals surface area (Å²) in [6.07, 6.45) is 5.26. The van der Waals surface area contributed by atoms with Gasteiger partial charge in [-0.05, 0) is 173 Å². The van der Waals surface area contributed by atoms with E-state index in [1.54, 1.807) is 33.9 Å². The van der Waals surface area contributed by atoms with E-state index in [0.717, 1.165) is 72.0 Å². The van der Waals surface area contributed by atoms with Gasteiger partial charge in [-0.25, -0.2) is 0 Å². The van der Waals surface area contributed by atoms with Crippen LogP contribution in [0.15, 0.2) is 91.0 Å². The van der Waals surface area contributed by atoms with Crippen LogP contribution in [0.25, 0.3) is 0 Å². The number of ketones is 2. The second-order valence-corrected chi connectivity index (χ2v) is 27.7. The molecule has 0 bridgehead atoms. The number of benzene rings is 5. The number of hydrogen-bond donors (Lipinski definition) is 2. The van der Waals surface area contributed by atoms with Crippen LogP contribution in [0.3, 0.4) is 0 Å². The Morgan fingerprint density at radius 3 is 1.88 bits per heavy atom. The summed E-state index contributed by atoms with van der Waals surface area (Å²) in [5, 5.41) is 4.59. The maximum atomic E-state index is 14.2. The van der Waals surface area contributed by atoms with Crippen molar-refractivity contribution in [2.75, 3.05) is 35.1 Å². The van der Waals surface area contributed by atoms with E-state index in [4.69, 9.17) is 14.2 Å². The van der Waals surface area contributed by atoms with Crippen molar-refractivity contribution < 1.29 is 55.6 Å². The van der Waals surface area contributed by atoms with Crippen molar-refractivity contribution >= 4 is 84.0 Å². The Labute approximate surface area is 495 Å². The number of amides is 4. The van der Waals surface area contributed by atoms with Crippen molar-refractivity contribution in [3.8, 4) is 17.2 Å². The summed E-state index contributed by atoms with van der Waals surface area (Å²) in [7, 11) is 1.51. The van der Waals surface area contributed by atoms with Gasteiger partial charge in [0, 0.05) is 76.0 Å². The predicted octanol–water partition coefficient (Wildman–Crippen LogP) is 10.9. The number of anilines is 3. The van der Waals surface area contributed by atoms with Gasteiger partial charge in [-0.2, -0.15) is 8.42 Å². The highest BCUT2D eigenvalue weighted by atomic mass is 33.1. The van der Waals surface area contributed by atoms with Crippen LogP contribution < -0.4 is 34.6 Å². The molecule has 1 unspecified atom stereocenters. The van der Waals surface area contributed by atoms with E-state index in [1.807, 2.05) is 103 Å². The van der Waals surface area contributed by atoms with Gasteiger partial charge in [-0.3, -0.25) is 33.0 Å². The minimum Gasteiger partial charge on any atom is -0.493 e. The third-order valence-corrected chi connectivity index (χ3v) is 21.3. The van der Waals surface area contributed by atoms with Crippen molar-refractivity contribution in [3.05, 3.63) is 141 Å². The van der Waals surface area contributed by atoms with Crippen molar-refractivity contribution in [1.29, 1.82) is 0 Å². The van der Waals surface area contributed by atoms with Crippen molar-refractivity contribution in [2.24, 2.45) is 5.92 Å². The van der Waals surface area contributed by atoms with E-state index >= 15 is 0 Å². The van der Waals surface area contributed by atoms with E-state index in [9.17, 15) is 37.2 Å². The molecule has 5 aromatic rings. The van der Waals surface area contributed by atoms with E-state index in [0.29, 0.717) is 64.6 Å². The largest absolute Gasteiger partial charge is 0.493 e. The number of para-hydroxylation sites is 2. The smallest absolute Gasteiger partial charge is 0.277 e. The van der Waals surface area contributed by atoms with Crippen LogP contribution >= 0.6 is 21.6 Å². The zero-order valence-corrected chi connectivity index (χ0v) is 50.9. The first-order valence-electron chi connectivity index (χ1n) is 28.5. The Bertz CT molecular complexity index is 3440. The first-order chi connectivity index (χ1) is 39.7. The zero-order chi connectivity index (χ0) is 59.3. The summed E-state index contributed by atoms with van der Waals surface area (Å²) in [5.41, 5.74) is 10.00. The highest BCUT2D eigenvalue weighted by molar-refractivity contribution is 8.77. The van der Waals surface area contributed by atoms with Gasteiger partial charge >= 0.3 is 0 Å². The number of methoxy groups -OCH3 is 1. The van der Waals surface area contributed by atoms with Gasteiger partial charge in [-0.15, -0.1) is 0 Å². The molecule has 4 amide bonds. The summed E-state index contributed by atoms with van der Waals surface area (Å²) in [6.45, 7) is 10.9. The lowest BCUT2D eigenvalue weighted by Crippen LogP contribution is -2.40. The number of carbonyl (C=O) groups is 6. The lowest BCUT2D eigenvalue weighted by molar-refractivity contribution is -0.129. The third kappa shape index (κ3) is 14.0. The van der Waals surface area contributed by atoms with Gasteiger partial charge in [0.15, 0.2) is 23.1 Å². The molecule has 5 aromatic carbocycles. The molecule has 2 N–H and O–H groups in total. The van der Waals surface area contributed by atoms with Gasteiger partial charge in [0.2, 0.25) is 11.8 Å². The Kier molecular flexibility index (Phi) is 19.1. The van der Waals surface area contributed by atoms with Crippen LogP contribution in [0.1, 0.15) is 139 Å². The lowest BCUT2D eigenvalue weighted by atomic mass is 9.98. The summed E-state index contributed by atoms with van der Waals surface area (Å²) in [6, 6.07) is 28.6. The van der Waals surface area contributed by atoms with E-state index in [1.165, 1.54) is 27.2 Å². The fourth-order valence-electron chi connectivity index (χ4n) is 11.6. The van der Waals surface area contributed by atoms with Crippen LogP contribution in [0.4, 0.5) is 17.1 Å². The minimum atomic E-state index is -4.00. The molecule has 83 heavy (non-hydrogen) atoms. The van der Waals surface area contributed by atoms with Gasteiger partial charge < -0.3 is 34.6 Å². The molecule has 0 aromatic heterocycles. The Morgan fingerprint density at radius 2 is 1.30 bits per heavy atom. The molecular weight excluding hydrogens is 1110 g/mol. The first-order valence-corrected chi connectivity index (χ1v) is 32.3. The highest BCUT2D eigenvalue weighted by Crippen LogP contribution is 2.43. The molecule has 0 saturated heterocycles. The number of fused-ring (bicyclic) bond motifs is 8. The van der Waals surface area contributed by atoms with Crippen LogP contribution in [-0.2, 0) is 72.4 Å². The number of nitrogens with one attached hydrogen (secondary N) is 2. The molecule has 16 nitrogen and oxygen atoms in total. The Balaban J connectivity index is 0.861. The van der Waals surface area contributed by atoms with Gasteiger partial charge in [0.1, 0.15) is 24.2 Å². The van der Waals surface area contributed by atoms with Gasteiger partial charge in [0.05, 0.1) is 20.3 Å². The molecule has 19 heteroatoms. The molecule has 4 heterocycles. The topological polar surface area (TPSA) is 204 Å². The number of carbonyl (C=O) groups excluding carboxylic acids is 6. The predicted molar refractivity (Wildman–Crippen MR) is 325 cm³/mol. The molecule has 4 aliphatic rings. The number of hydrogen-bond acceptors (Lipinski definition) is 14. The summed E-state index contributed by atoms with van der Waals surface area (Å²) in [4.78, 5) is 85.2. The van der Waals surface area contributed by atoms with E-state index in [2.05, 4.69) is 26.9 Å². The molecule has 4 aliphatic heterocycles. The monoisotopic (exact) mass is 1190 g/mol. The maximum Gasteiger partial charge on any atom is 0.277 e. The average molecular weight is 1190 g/mol. The van der Waals surface area contributed by atoms with Gasteiger partial charge in [0.25, 0.3) is 21.9 Å². The highest BCUT2D eigenvalue weighted by Gasteiger charge is 2.40. The van der Waals surface area contributed by atoms with Crippen molar-refractivity contribution in [3.63, 3.8) is 0 Å². The zero-order valence-electron chi connectivity index (χ0n) is 48.5. The van der Waals surface area contributed by atoms with Crippen LogP contribution in [0.2, 0.25) is 0 Å². The molecular formula is C64H74N4O12S3. The Hall–Kier alpha value is -6.67. The number of nitrogens with zero attached hydrogens (tertiary/aromatic N) is 2. The normalized spacial score (nSPS) is 17.3. The standard InChI is InChI=1S/C64H74N4O12S3/c1-9-54(69)59(83(75,76)78-8)23-25-81-82-64(5,6)24-22-60(71)65-40(4)55(70)27-39(3)61(72)66-47-29-41(36-79-56-33-43-18-20-48-31-45-14-10-12-16-52(45)67(48)62(73)50(43)26-38(56)2)28-42(30-47)37-80-58-34-44-19-21-49-32-46-15-11-13-17-53(46)68(49)63(74)51(44)35-57(58)77-7/h10-17,26,28-30,33-35,39-40,48-49,59H,9,18-25,27,31-32,36-37H2,1-8H3,(H,65,71)(H,66,72)/t39-,40-,48+,49+,59?/m0/s1. The first kappa shape index (κ1) is 60.9. The number of aryl methyl sites for hydroxylation is 3. The summed E-state index contributed by atoms with van der Waals surface area (Å²) >= 11 is 0. The Morgan fingerprint density at radius 1 is 0.735 bits per heavy atom. The van der Waals surface area contributed by atoms with Gasteiger partial charge in [-0.1, -0.05) is 71.8 Å². The van der Waals surface area contributed by atoms with Crippen LogP contribution in [-0.4, -0.2) is 91.7 Å². The van der Waals surface area contributed by atoms with Crippen molar-refractivity contribution in [2.45, 2.75) is 154 Å². The molecule has 0 saturated carbocycles. The average Bonchev–Trinajstić information content (AvgIpc) is 2.80. The molecule has 9 rings (SSSR count). The second kappa shape index (κ2) is 26.1.